The summed E-state index contributed by atoms with van der Waals surface area (Å²) in [7, 11) is 0. The van der Waals surface area contributed by atoms with E-state index in [4.69, 9.17) is 9.47 Å². The minimum atomic E-state index is -2.97. The molecule has 0 bridgehead atoms. The summed E-state index contributed by atoms with van der Waals surface area (Å²) in [5.41, 5.74) is 2.65. The first-order valence-corrected chi connectivity index (χ1v) is 10.8. The molecular formula is C22H24F2N4O3. The zero-order valence-corrected chi connectivity index (χ0v) is 17.1. The van der Waals surface area contributed by atoms with Crippen molar-refractivity contribution in [3.05, 3.63) is 35.0 Å². The van der Waals surface area contributed by atoms with E-state index in [1.807, 2.05) is 25.1 Å². The average Bonchev–Trinajstić information content (AvgIpc) is 3.27. The second kappa shape index (κ2) is 6.82. The van der Waals surface area contributed by atoms with Crippen molar-refractivity contribution in [2.45, 2.75) is 49.9 Å². The van der Waals surface area contributed by atoms with Crippen LogP contribution in [0.25, 0.3) is 11.3 Å². The molecule has 4 heterocycles. The topological polar surface area (TPSA) is 79.7 Å². The Morgan fingerprint density at radius 1 is 1.23 bits per heavy atom. The van der Waals surface area contributed by atoms with Crippen LogP contribution < -0.4 is 15.0 Å². The van der Waals surface area contributed by atoms with Gasteiger partial charge in [0.15, 0.2) is 0 Å². The molecule has 31 heavy (non-hydrogen) atoms. The number of halogens is 2. The number of β-amino-alcohol motifs (C(OH)–C–C–N with tert-alkyl or cyclic N) is 1. The number of ether oxygens (including phenoxy) is 2. The third kappa shape index (κ3) is 3.01. The van der Waals surface area contributed by atoms with Gasteiger partial charge in [0.2, 0.25) is 5.95 Å². The molecule has 0 saturated carbocycles. The number of fused-ring (bicyclic) bond motifs is 2. The van der Waals surface area contributed by atoms with Gasteiger partial charge in [0.25, 0.3) is 5.92 Å². The summed E-state index contributed by atoms with van der Waals surface area (Å²) in [6.45, 7) is 4.13. The lowest BCUT2D eigenvalue weighted by Gasteiger charge is -2.43. The Balaban J connectivity index is 1.38. The van der Waals surface area contributed by atoms with E-state index in [9.17, 15) is 13.9 Å². The van der Waals surface area contributed by atoms with Gasteiger partial charge in [0.1, 0.15) is 18.1 Å². The number of nitrogens with zero attached hydrogens (tertiary/aromatic N) is 3. The van der Waals surface area contributed by atoms with Gasteiger partial charge in [-0.1, -0.05) is 12.1 Å². The average molecular weight is 430 g/mol. The lowest BCUT2D eigenvalue weighted by Crippen LogP contribution is -2.59. The Labute approximate surface area is 178 Å². The molecule has 0 unspecified atom stereocenters. The second-order valence-corrected chi connectivity index (χ2v) is 8.88. The fourth-order valence-corrected chi connectivity index (χ4v) is 4.74. The van der Waals surface area contributed by atoms with Crippen LogP contribution in [-0.4, -0.2) is 59.6 Å². The van der Waals surface area contributed by atoms with E-state index >= 15 is 0 Å². The van der Waals surface area contributed by atoms with Crippen molar-refractivity contribution in [2.75, 3.05) is 31.3 Å². The standard InChI is InChI=1S/C22H24F2N4O3/c1-11-17(29)7-28(11)21-26-19(15-4-5-22(23,24)20(15)27-21)12-2-3-14-16(10-31-18(14)6-12)25-13-8-30-9-13/h2-3,6,11,13,16-17,25,29H,4-5,7-10H2,1H3/t11-,16-,17+/m0/s1. The summed E-state index contributed by atoms with van der Waals surface area (Å²) in [4.78, 5) is 10.7. The molecule has 2 fully saturated rings. The maximum absolute atomic E-state index is 14.6. The normalized spacial score (nSPS) is 28.5. The number of aliphatic hydroxyl groups excluding tert-OH is 1. The van der Waals surface area contributed by atoms with Gasteiger partial charge in [-0.15, -0.1) is 0 Å². The molecule has 1 aromatic heterocycles. The maximum Gasteiger partial charge on any atom is 0.290 e. The summed E-state index contributed by atoms with van der Waals surface area (Å²) in [5.74, 6) is -1.97. The summed E-state index contributed by atoms with van der Waals surface area (Å²) in [5, 5.41) is 13.4. The van der Waals surface area contributed by atoms with Crippen molar-refractivity contribution in [2.24, 2.45) is 0 Å². The molecule has 9 heteroatoms. The number of anilines is 1. The summed E-state index contributed by atoms with van der Waals surface area (Å²) >= 11 is 0. The molecule has 6 rings (SSSR count). The number of rotatable bonds is 4. The SMILES string of the molecule is C[C@H]1[C@H](O)CN1c1nc(-c2ccc3c(c2)OC[C@@H]3NC2COC2)c2c(n1)C(F)(F)CC2. The largest absolute Gasteiger partial charge is 0.491 e. The molecule has 7 nitrogen and oxygen atoms in total. The van der Waals surface area contributed by atoms with E-state index in [0.717, 1.165) is 16.9 Å². The highest BCUT2D eigenvalue weighted by Crippen LogP contribution is 2.46. The van der Waals surface area contributed by atoms with E-state index in [0.29, 0.717) is 43.7 Å². The molecule has 1 aromatic carbocycles. The van der Waals surface area contributed by atoms with E-state index in [1.165, 1.54) is 0 Å². The molecule has 2 saturated heterocycles. The molecule has 0 amide bonds. The van der Waals surface area contributed by atoms with Crippen LogP contribution in [0.3, 0.4) is 0 Å². The Bertz CT molecular complexity index is 1050. The number of hydrogen-bond donors (Lipinski definition) is 2. The fourth-order valence-electron chi connectivity index (χ4n) is 4.74. The predicted molar refractivity (Wildman–Crippen MR) is 108 cm³/mol. The zero-order valence-electron chi connectivity index (χ0n) is 17.1. The summed E-state index contributed by atoms with van der Waals surface area (Å²) in [6.07, 6.45) is -0.526. The molecular weight excluding hydrogens is 406 g/mol. The van der Waals surface area contributed by atoms with Gasteiger partial charge in [-0.25, -0.2) is 9.97 Å². The Morgan fingerprint density at radius 2 is 2.06 bits per heavy atom. The van der Waals surface area contributed by atoms with Crippen molar-refractivity contribution in [3.8, 4) is 17.0 Å². The molecule has 0 spiro atoms. The highest BCUT2D eigenvalue weighted by Gasteiger charge is 2.45. The van der Waals surface area contributed by atoms with E-state index in [1.54, 1.807) is 4.90 Å². The van der Waals surface area contributed by atoms with Gasteiger partial charge < -0.3 is 19.5 Å². The summed E-state index contributed by atoms with van der Waals surface area (Å²) < 4.78 is 40.3. The van der Waals surface area contributed by atoms with E-state index in [-0.39, 0.29) is 36.6 Å². The van der Waals surface area contributed by atoms with Crippen molar-refractivity contribution in [1.29, 1.82) is 0 Å². The number of alkyl halides is 2. The summed E-state index contributed by atoms with van der Waals surface area (Å²) in [6, 6.07) is 6.04. The number of aromatic nitrogens is 2. The van der Waals surface area contributed by atoms with Gasteiger partial charge in [-0.3, -0.25) is 5.32 Å². The lowest BCUT2D eigenvalue weighted by molar-refractivity contribution is -0.0110. The first-order chi connectivity index (χ1) is 14.9. The molecule has 2 N–H and O–H groups in total. The highest BCUT2D eigenvalue weighted by molar-refractivity contribution is 5.70. The molecule has 1 aliphatic carbocycles. The molecule has 3 atom stereocenters. The number of benzene rings is 1. The third-order valence-electron chi connectivity index (χ3n) is 6.86. The quantitative estimate of drug-likeness (QED) is 0.770. The number of nitrogens with one attached hydrogen (secondary N) is 1. The van der Waals surface area contributed by atoms with Crippen molar-refractivity contribution >= 4 is 5.95 Å². The molecule has 0 radical (unpaired) electrons. The van der Waals surface area contributed by atoms with Crippen LogP contribution >= 0.6 is 0 Å². The minimum Gasteiger partial charge on any atom is -0.491 e. The number of aliphatic hydroxyl groups is 1. The maximum atomic E-state index is 14.6. The van der Waals surface area contributed by atoms with E-state index in [2.05, 4.69) is 15.3 Å². The zero-order chi connectivity index (χ0) is 21.3. The van der Waals surface area contributed by atoms with Gasteiger partial charge in [0, 0.05) is 29.7 Å². The van der Waals surface area contributed by atoms with Crippen LogP contribution in [0.5, 0.6) is 5.75 Å². The Morgan fingerprint density at radius 3 is 2.77 bits per heavy atom. The molecule has 164 valence electrons. The van der Waals surface area contributed by atoms with Crippen LogP contribution in [0.1, 0.15) is 36.2 Å². The first kappa shape index (κ1) is 19.3. The fraction of sp³-hybridized carbons (Fsp3) is 0.545. The second-order valence-electron chi connectivity index (χ2n) is 8.88. The van der Waals surface area contributed by atoms with Gasteiger partial charge in [-0.05, 0) is 19.4 Å². The van der Waals surface area contributed by atoms with Crippen molar-refractivity contribution in [3.63, 3.8) is 0 Å². The minimum absolute atomic E-state index is 0.0948. The highest BCUT2D eigenvalue weighted by atomic mass is 19.3. The lowest BCUT2D eigenvalue weighted by atomic mass is 10.00. The van der Waals surface area contributed by atoms with E-state index < -0.39 is 12.0 Å². The van der Waals surface area contributed by atoms with Gasteiger partial charge >= 0.3 is 0 Å². The Hall–Kier alpha value is -2.36. The first-order valence-electron chi connectivity index (χ1n) is 10.8. The predicted octanol–water partition coefficient (Wildman–Crippen LogP) is 2.17. The van der Waals surface area contributed by atoms with Crippen molar-refractivity contribution < 1.29 is 23.4 Å². The molecule has 3 aliphatic heterocycles. The van der Waals surface area contributed by atoms with Crippen LogP contribution in [0.4, 0.5) is 14.7 Å². The smallest absolute Gasteiger partial charge is 0.290 e. The van der Waals surface area contributed by atoms with Crippen LogP contribution in [0, 0.1) is 0 Å². The monoisotopic (exact) mass is 430 g/mol. The third-order valence-corrected chi connectivity index (χ3v) is 6.86. The van der Waals surface area contributed by atoms with Crippen LogP contribution in [-0.2, 0) is 17.1 Å². The Kier molecular flexibility index (Phi) is 4.25. The van der Waals surface area contributed by atoms with Crippen molar-refractivity contribution in [1.82, 2.24) is 15.3 Å². The number of hydrogen-bond acceptors (Lipinski definition) is 7. The van der Waals surface area contributed by atoms with Gasteiger partial charge in [0.05, 0.1) is 43.1 Å². The van der Waals surface area contributed by atoms with Crippen LogP contribution in [0.2, 0.25) is 0 Å². The molecule has 2 aromatic rings. The van der Waals surface area contributed by atoms with Gasteiger partial charge in [-0.2, -0.15) is 8.78 Å². The molecule has 4 aliphatic rings. The van der Waals surface area contributed by atoms with Crippen LogP contribution in [0.15, 0.2) is 18.2 Å².